The lowest BCUT2D eigenvalue weighted by Gasteiger charge is -2.42. The van der Waals surface area contributed by atoms with Crippen LogP contribution < -0.4 is 52.1 Å². The van der Waals surface area contributed by atoms with E-state index < -0.39 is 0 Å². The summed E-state index contributed by atoms with van der Waals surface area (Å²) in [7, 11) is 0. The lowest BCUT2D eigenvalue weighted by atomic mass is 9.31. The molecule has 6 heteroatoms. The van der Waals surface area contributed by atoms with E-state index in [1.165, 1.54) is 44.2 Å². The van der Waals surface area contributed by atoms with Gasteiger partial charge in [0.05, 0.1) is 0 Å². The van der Waals surface area contributed by atoms with Crippen LogP contribution in [0.2, 0.25) is 0 Å². The predicted molar refractivity (Wildman–Crippen MR) is 198 cm³/mol. The van der Waals surface area contributed by atoms with Crippen molar-refractivity contribution in [1.82, 2.24) is 0 Å². The van der Waals surface area contributed by atoms with Crippen LogP contribution in [0.3, 0.4) is 0 Å². The van der Waals surface area contributed by atoms with E-state index in [-0.39, 0.29) is 13.4 Å². The van der Waals surface area contributed by atoms with Crippen molar-refractivity contribution in [3.05, 3.63) is 158 Å². The zero-order valence-electron chi connectivity index (χ0n) is 25.9. The molecule has 0 radical (unpaired) electrons. The van der Waals surface area contributed by atoms with Gasteiger partial charge in [0, 0.05) is 40.2 Å². The second-order valence-corrected chi connectivity index (χ2v) is 12.8. The number of para-hydroxylation sites is 4. The molecule has 0 N–H and O–H groups in total. The highest BCUT2D eigenvalue weighted by molar-refractivity contribution is 7.02. The smallest absolute Gasteiger partial charge is 0.256 e. The van der Waals surface area contributed by atoms with E-state index in [0.29, 0.717) is 0 Å². The third-order valence-electron chi connectivity index (χ3n) is 10.4. The second kappa shape index (κ2) is 9.69. The Bertz CT molecular complexity index is 2280. The summed E-state index contributed by atoms with van der Waals surface area (Å²) in [6, 6.07) is 56.3. The fraction of sp³-hybridized carbons (Fsp3) is 0. The molecule has 7 aromatic carbocycles. The fourth-order valence-corrected chi connectivity index (χ4v) is 8.47. The van der Waals surface area contributed by atoms with Gasteiger partial charge in [-0.05, 0) is 93.4 Å². The molecule has 0 saturated heterocycles. The van der Waals surface area contributed by atoms with Crippen LogP contribution in [-0.4, -0.2) is 13.4 Å². The maximum atomic E-state index is 6.81. The summed E-state index contributed by atoms with van der Waals surface area (Å²) in [5, 5.41) is 0. The average Bonchev–Trinajstić information content (AvgIpc) is 3.14. The Kier molecular flexibility index (Phi) is 5.25. The van der Waals surface area contributed by atoms with E-state index in [1.807, 2.05) is 0 Å². The Labute approximate surface area is 279 Å². The molecule has 4 nitrogen and oxygen atoms in total. The molecule has 222 valence electrons. The molecule has 0 bridgehead atoms. The Morgan fingerprint density at radius 1 is 0.333 bits per heavy atom. The van der Waals surface area contributed by atoms with Crippen LogP contribution >= 0.6 is 0 Å². The summed E-state index contributed by atoms with van der Waals surface area (Å²) in [6.07, 6.45) is 0. The Hall–Kier alpha value is -6.13. The minimum Gasteiger partial charge on any atom is -0.458 e. The van der Waals surface area contributed by atoms with Gasteiger partial charge < -0.3 is 19.3 Å². The molecule has 4 aliphatic heterocycles. The average molecular weight is 612 g/mol. The van der Waals surface area contributed by atoms with Gasteiger partial charge in [0.1, 0.15) is 23.0 Å². The first-order valence-electron chi connectivity index (χ1n) is 16.5. The largest absolute Gasteiger partial charge is 0.458 e. The van der Waals surface area contributed by atoms with Crippen LogP contribution in [0.15, 0.2) is 158 Å². The molecule has 0 unspecified atom stereocenters. The summed E-state index contributed by atoms with van der Waals surface area (Å²) >= 11 is 0. The van der Waals surface area contributed by atoms with Crippen LogP contribution in [0, 0.1) is 0 Å². The maximum Gasteiger partial charge on any atom is 0.256 e. The van der Waals surface area contributed by atoms with Crippen molar-refractivity contribution in [3.8, 4) is 23.0 Å². The number of nitrogens with zero attached hydrogens (tertiary/aromatic N) is 2. The van der Waals surface area contributed by atoms with Gasteiger partial charge in [-0.3, -0.25) is 0 Å². The SMILES string of the molecule is c1ccc(N2c3ccccc3B3c4cc5c(cc4Oc4cccc2c43)Oc2cccc3c2B5c2ccccc2N3c2ccccc2)cc1. The Morgan fingerprint density at radius 2 is 0.750 bits per heavy atom. The van der Waals surface area contributed by atoms with Crippen LogP contribution in [0.25, 0.3) is 0 Å². The number of benzene rings is 7. The standard InChI is InChI=1S/C42H26B2N2O2/c1-3-13-27(14-4-1)45-33-19-9-7-17-29(33)43-31-25-32-40(26-39(31)47-37-23-11-21-35(45)41(37)43)48-38-24-12-22-36-42(38)44(32)30-18-8-10-20-34(30)46(36)28-15-5-2-6-16-28/h1-26H. The third-order valence-corrected chi connectivity index (χ3v) is 10.4. The van der Waals surface area contributed by atoms with Gasteiger partial charge in [-0.1, -0.05) is 91.0 Å². The van der Waals surface area contributed by atoms with Crippen molar-refractivity contribution in [2.45, 2.75) is 0 Å². The van der Waals surface area contributed by atoms with Crippen molar-refractivity contribution in [2.24, 2.45) is 0 Å². The highest BCUT2D eigenvalue weighted by Crippen LogP contribution is 2.43. The summed E-state index contributed by atoms with van der Waals surface area (Å²) < 4.78 is 13.6. The molecule has 48 heavy (non-hydrogen) atoms. The van der Waals surface area contributed by atoms with E-state index in [2.05, 4.69) is 168 Å². The molecule has 0 spiro atoms. The predicted octanol–water partition coefficient (Wildman–Crippen LogP) is 6.50. The highest BCUT2D eigenvalue weighted by Gasteiger charge is 2.46. The van der Waals surface area contributed by atoms with E-state index in [1.54, 1.807) is 0 Å². The van der Waals surface area contributed by atoms with Crippen LogP contribution in [0.4, 0.5) is 34.1 Å². The van der Waals surface area contributed by atoms with Gasteiger partial charge in [-0.2, -0.15) is 0 Å². The van der Waals surface area contributed by atoms with Gasteiger partial charge in [-0.15, -0.1) is 0 Å². The molecule has 4 aliphatic rings. The molecule has 4 heterocycles. The molecule has 0 aliphatic carbocycles. The zero-order chi connectivity index (χ0) is 31.3. The molecule has 0 amide bonds. The topological polar surface area (TPSA) is 24.9 Å². The van der Waals surface area contributed by atoms with Crippen LogP contribution in [0.5, 0.6) is 23.0 Å². The number of rotatable bonds is 2. The number of anilines is 6. The van der Waals surface area contributed by atoms with Gasteiger partial charge >= 0.3 is 0 Å². The Balaban J connectivity index is 1.15. The van der Waals surface area contributed by atoms with E-state index >= 15 is 0 Å². The molecule has 0 aromatic heterocycles. The number of hydrogen-bond acceptors (Lipinski definition) is 4. The summed E-state index contributed by atoms with van der Waals surface area (Å²) in [4.78, 5) is 4.75. The quantitative estimate of drug-likeness (QED) is 0.209. The number of ether oxygens (including phenoxy) is 2. The lowest BCUT2D eigenvalue weighted by Crippen LogP contribution is -2.63. The van der Waals surface area contributed by atoms with Crippen LogP contribution in [-0.2, 0) is 0 Å². The number of hydrogen-bond donors (Lipinski definition) is 0. The number of fused-ring (bicyclic) bond motifs is 8. The van der Waals surface area contributed by atoms with Gasteiger partial charge in [0.25, 0.3) is 13.4 Å². The van der Waals surface area contributed by atoms with Crippen molar-refractivity contribution in [1.29, 1.82) is 0 Å². The molecule has 0 saturated carbocycles. The molecule has 0 atom stereocenters. The summed E-state index contributed by atoms with van der Waals surface area (Å²) in [5.74, 6) is 3.47. The van der Waals surface area contributed by atoms with Gasteiger partial charge in [-0.25, -0.2) is 0 Å². The molecular formula is C42H26B2N2O2. The first-order valence-corrected chi connectivity index (χ1v) is 16.5. The molecule has 7 aromatic rings. The first kappa shape index (κ1) is 26.0. The van der Waals surface area contributed by atoms with Crippen molar-refractivity contribution < 1.29 is 9.47 Å². The Morgan fingerprint density at radius 3 is 1.23 bits per heavy atom. The van der Waals surface area contributed by atoms with Crippen molar-refractivity contribution in [3.63, 3.8) is 0 Å². The lowest BCUT2D eigenvalue weighted by molar-refractivity contribution is 0.465. The summed E-state index contributed by atoms with van der Waals surface area (Å²) in [6.45, 7) is 0.0235. The molecule has 0 fully saturated rings. The van der Waals surface area contributed by atoms with E-state index in [4.69, 9.17) is 9.47 Å². The minimum absolute atomic E-state index is 0.0118. The minimum atomic E-state index is 0.0118. The molecule has 11 rings (SSSR count). The van der Waals surface area contributed by atoms with Gasteiger partial charge in [0.15, 0.2) is 0 Å². The second-order valence-electron chi connectivity index (χ2n) is 12.8. The molecular weight excluding hydrogens is 586 g/mol. The van der Waals surface area contributed by atoms with Crippen LogP contribution in [0.1, 0.15) is 0 Å². The first-order chi connectivity index (χ1) is 23.8. The maximum absolute atomic E-state index is 6.81. The van der Waals surface area contributed by atoms with Crippen molar-refractivity contribution in [2.75, 3.05) is 9.80 Å². The normalized spacial score (nSPS) is 14.0. The van der Waals surface area contributed by atoms with Crippen molar-refractivity contribution >= 4 is 80.3 Å². The zero-order valence-corrected chi connectivity index (χ0v) is 25.9. The summed E-state index contributed by atoms with van der Waals surface area (Å²) in [5.41, 5.74) is 14.2. The van der Waals surface area contributed by atoms with E-state index in [9.17, 15) is 0 Å². The van der Waals surface area contributed by atoms with Gasteiger partial charge in [0.2, 0.25) is 0 Å². The highest BCUT2D eigenvalue weighted by atomic mass is 16.5. The fourth-order valence-electron chi connectivity index (χ4n) is 8.47. The van der Waals surface area contributed by atoms with E-state index in [0.717, 1.165) is 45.7 Å². The third kappa shape index (κ3) is 3.46. The monoisotopic (exact) mass is 612 g/mol.